The number of rotatable bonds is 3. The van der Waals surface area contributed by atoms with Crippen LogP contribution in [0.15, 0.2) is 59.3 Å². The van der Waals surface area contributed by atoms with Gasteiger partial charge in [0, 0.05) is 23.3 Å². The molecule has 0 radical (unpaired) electrons. The molecular formula is C20H20O10. The van der Waals surface area contributed by atoms with E-state index in [1.165, 1.54) is 30.4 Å². The number of hydrogen-bond donors (Lipinski definition) is 7. The minimum Gasteiger partial charge on any atom is -0.508 e. The molecule has 10 nitrogen and oxygen atoms in total. The standard InChI is InChI=1S/C20H20O10/c21-9-4-12(23)10-6-16(30-20-18(27)17(26)14(25)7-28-20)19(29-15(10)5-9)8-1-2-11(22)13(24)3-8/h1-6,14-15,17-18,20-27H,7H2/t14-,15?,17?,18?,20-/m0/s1. The molecule has 7 N–H and O–H groups in total. The normalized spacial score (nSPS) is 31.2. The predicted molar refractivity (Wildman–Crippen MR) is 99.9 cm³/mol. The number of aliphatic hydroxyl groups is 5. The maximum Gasteiger partial charge on any atom is 0.229 e. The third kappa shape index (κ3) is 3.57. The van der Waals surface area contributed by atoms with Gasteiger partial charge in [-0.05, 0) is 24.3 Å². The van der Waals surface area contributed by atoms with E-state index in [0.29, 0.717) is 0 Å². The van der Waals surface area contributed by atoms with Gasteiger partial charge in [-0.1, -0.05) is 0 Å². The second kappa shape index (κ2) is 7.58. The first-order chi connectivity index (χ1) is 14.2. The summed E-state index contributed by atoms with van der Waals surface area (Å²) in [5, 5.41) is 69.0. The lowest BCUT2D eigenvalue weighted by atomic mass is 9.97. The van der Waals surface area contributed by atoms with E-state index in [1.54, 1.807) is 0 Å². The summed E-state index contributed by atoms with van der Waals surface area (Å²) in [5.41, 5.74) is 0.531. The second-order valence-corrected chi connectivity index (χ2v) is 7.02. The van der Waals surface area contributed by atoms with Gasteiger partial charge >= 0.3 is 0 Å². The lowest BCUT2D eigenvalue weighted by molar-refractivity contribution is -0.257. The van der Waals surface area contributed by atoms with Crippen molar-refractivity contribution in [3.8, 4) is 11.5 Å². The van der Waals surface area contributed by atoms with Crippen molar-refractivity contribution < 1.29 is 50.0 Å². The van der Waals surface area contributed by atoms with Gasteiger partial charge in [-0.3, -0.25) is 0 Å². The summed E-state index contributed by atoms with van der Waals surface area (Å²) in [6.07, 6.45) is -2.75. The Hall–Kier alpha value is -3.18. The van der Waals surface area contributed by atoms with Crippen LogP contribution in [0, 0.1) is 0 Å². The highest BCUT2D eigenvalue weighted by Gasteiger charge is 2.40. The van der Waals surface area contributed by atoms with Crippen LogP contribution in [-0.2, 0) is 14.2 Å². The van der Waals surface area contributed by atoms with E-state index in [1.807, 2.05) is 0 Å². The number of aliphatic hydroxyl groups excluding tert-OH is 5. The zero-order chi connectivity index (χ0) is 21.6. The summed E-state index contributed by atoms with van der Waals surface area (Å²) in [6, 6.07) is 3.88. The molecule has 3 aliphatic rings. The summed E-state index contributed by atoms with van der Waals surface area (Å²) in [6.45, 7) is -0.284. The maximum absolute atomic E-state index is 10.2. The number of fused-ring (bicyclic) bond motifs is 1. The van der Waals surface area contributed by atoms with Crippen LogP contribution in [0.1, 0.15) is 5.56 Å². The zero-order valence-electron chi connectivity index (χ0n) is 15.4. The zero-order valence-corrected chi connectivity index (χ0v) is 15.4. The van der Waals surface area contributed by atoms with Crippen LogP contribution in [0.4, 0.5) is 0 Å². The van der Waals surface area contributed by atoms with Crippen LogP contribution < -0.4 is 0 Å². The Bertz CT molecular complexity index is 976. The first-order valence-electron chi connectivity index (χ1n) is 9.03. The van der Waals surface area contributed by atoms with Crippen molar-refractivity contribution in [3.63, 3.8) is 0 Å². The fraction of sp³-hybridized carbons (Fsp3) is 0.300. The summed E-state index contributed by atoms with van der Waals surface area (Å²) in [5.74, 6) is -1.23. The molecule has 3 unspecified atom stereocenters. The molecule has 2 aliphatic heterocycles. The molecule has 1 fully saturated rings. The Balaban J connectivity index is 1.75. The van der Waals surface area contributed by atoms with Crippen LogP contribution in [0.2, 0.25) is 0 Å². The molecular weight excluding hydrogens is 400 g/mol. The molecule has 0 aromatic heterocycles. The highest BCUT2D eigenvalue weighted by atomic mass is 16.7. The van der Waals surface area contributed by atoms with Gasteiger partial charge in [-0.2, -0.15) is 0 Å². The number of allylic oxidation sites excluding steroid dienone is 2. The van der Waals surface area contributed by atoms with Crippen LogP contribution in [0.3, 0.4) is 0 Å². The van der Waals surface area contributed by atoms with Gasteiger partial charge in [0.25, 0.3) is 0 Å². The van der Waals surface area contributed by atoms with Gasteiger partial charge in [0.1, 0.15) is 35.9 Å². The number of phenolic OH excluding ortho intramolecular Hbond substituents is 2. The molecule has 30 heavy (non-hydrogen) atoms. The van der Waals surface area contributed by atoms with Crippen molar-refractivity contribution in [2.24, 2.45) is 0 Å². The van der Waals surface area contributed by atoms with Crippen molar-refractivity contribution in [3.05, 3.63) is 64.8 Å². The van der Waals surface area contributed by atoms with E-state index in [2.05, 4.69) is 0 Å². The largest absolute Gasteiger partial charge is 0.508 e. The van der Waals surface area contributed by atoms with Gasteiger partial charge in [0.2, 0.25) is 6.29 Å². The molecule has 4 rings (SSSR count). The van der Waals surface area contributed by atoms with Gasteiger partial charge in [-0.15, -0.1) is 0 Å². The van der Waals surface area contributed by atoms with Crippen LogP contribution in [0.25, 0.3) is 5.76 Å². The third-order valence-corrected chi connectivity index (χ3v) is 4.90. The monoisotopic (exact) mass is 420 g/mol. The molecule has 1 aliphatic carbocycles. The van der Waals surface area contributed by atoms with E-state index in [0.717, 1.165) is 6.08 Å². The van der Waals surface area contributed by atoms with E-state index < -0.39 is 36.5 Å². The molecule has 2 heterocycles. The first kappa shape index (κ1) is 20.1. The number of phenols is 2. The molecule has 5 atom stereocenters. The molecule has 0 amide bonds. The Labute approximate surface area is 170 Å². The first-order valence-corrected chi connectivity index (χ1v) is 9.03. The average molecular weight is 420 g/mol. The number of ether oxygens (including phenoxy) is 3. The van der Waals surface area contributed by atoms with E-state index in [-0.39, 0.29) is 46.5 Å². The molecule has 1 aromatic rings. The number of benzene rings is 1. The lowest BCUT2D eigenvalue weighted by Crippen LogP contribution is -2.53. The Morgan fingerprint density at radius 2 is 1.70 bits per heavy atom. The highest BCUT2D eigenvalue weighted by Crippen LogP contribution is 2.39. The number of aromatic hydroxyl groups is 2. The third-order valence-electron chi connectivity index (χ3n) is 4.90. The second-order valence-electron chi connectivity index (χ2n) is 7.02. The molecule has 10 heteroatoms. The van der Waals surface area contributed by atoms with Gasteiger partial charge < -0.3 is 50.0 Å². The number of hydrogen-bond acceptors (Lipinski definition) is 10. The minimum atomic E-state index is -1.58. The van der Waals surface area contributed by atoms with E-state index in [4.69, 9.17) is 14.2 Å². The smallest absolute Gasteiger partial charge is 0.229 e. The van der Waals surface area contributed by atoms with Gasteiger partial charge in [0.15, 0.2) is 23.0 Å². The predicted octanol–water partition coefficient (Wildman–Crippen LogP) is 0.445. The van der Waals surface area contributed by atoms with Crippen molar-refractivity contribution in [2.45, 2.75) is 30.7 Å². The average Bonchev–Trinajstić information content (AvgIpc) is 2.70. The van der Waals surface area contributed by atoms with Crippen molar-refractivity contribution >= 4 is 5.76 Å². The van der Waals surface area contributed by atoms with Crippen molar-refractivity contribution in [2.75, 3.05) is 6.61 Å². The van der Waals surface area contributed by atoms with E-state index in [9.17, 15) is 35.7 Å². The van der Waals surface area contributed by atoms with Crippen LogP contribution in [0.5, 0.6) is 11.5 Å². The molecule has 160 valence electrons. The minimum absolute atomic E-state index is 0.0197. The van der Waals surface area contributed by atoms with E-state index >= 15 is 0 Å². The Morgan fingerprint density at radius 1 is 0.933 bits per heavy atom. The summed E-state index contributed by atoms with van der Waals surface area (Å²) in [7, 11) is 0. The SMILES string of the molecule is OC1=CC2OC(c3ccc(O)c(O)c3)=C(O[C@@H]3OC[C@H](O)C(O)C3O)C=C2C(O)=C1. The van der Waals surface area contributed by atoms with Crippen molar-refractivity contribution in [1.82, 2.24) is 0 Å². The molecule has 0 bridgehead atoms. The summed E-state index contributed by atoms with van der Waals surface area (Å²) < 4.78 is 16.8. The maximum atomic E-state index is 10.2. The Morgan fingerprint density at radius 3 is 2.43 bits per heavy atom. The fourth-order valence-corrected chi connectivity index (χ4v) is 3.28. The van der Waals surface area contributed by atoms with Gasteiger partial charge in [0.05, 0.1) is 6.61 Å². The quantitative estimate of drug-likeness (QED) is 0.341. The topological polar surface area (TPSA) is 169 Å². The summed E-state index contributed by atoms with van der Waals surface area (Å²) in [4.78, 5) is 0. The highest BCUT2D eigenvalue weighted by molar-refractivity contribution is 5.70. The van der Waals surface area contributed by atoms with Crippen LogP contribution in [-0.4, -0.2) is 73.1 Å². The molecule has 1 aromatic carbocycles. The van der Waals surface area contributed by atoms with Crippen molar-refractivity contribution in [1.29, 1.82) is 0 Å². The fourth-order valence-electron chi connectivity index (χ4n) is 3.28. The summed E-state index contributed by atoms with van der Waals surface area (Å²) >= 11 is 0. The lowest BCUT2D eigenvalue weighted by Gasteiger charge is -2.36. The Kier molecular flexibility index (Phi) is 5.08. The molecule has 0 spiro atoms. The molecule has 0 saturated carbocycles. The van der Waals surface area contributed by atoms with Gasteiger partial charge in [-0.25, -0.2) is 0 Å². The van der Waals surface area contributed by atoms with Crippen LogP contribution >= 0.6 is 0 Å². The molecule has 1 saturated heterocycles.